The Morgan fingerprint density at radius 3 is 2.83 bits per heavy atom. The van der Waals surface area contributed by atoms with Crippen LogP contribution in [0.5, 0.6) is 0 Å². The van der Waals surface area contributed by atoms with Gasteiger partial charge in [-0.05, 0) is 18.6 Å². The number of aromatic nitrogens is 1. The van der Waals surface area contributed by atoms with Crippen molar-refractivity contribution in [3.05, 3.63) is 33.8 Å². The first-order chi connectivity index (χ1) is 10.9. The molecule has 0 unspecified atom stereocenters. The van der Waals surface area contributed by atoms with E-state index in [1.54, 1.807) is 12.1 Å². The maximum absolute atomic E-state index is 12.2. The van der Waals surface area contributed by atoms with E-state index in [-0.39, 0.29) is 24.9 Å². The number of hydrogen-bond acceptors (Lipinski definition) is 4. The fraction of sp³-hybridized carbons (Fsp3) is 0.400. The molecule has 7 nitrogen and oxygen atoms in total. The first-order valence-electron chi connectivity index (χ1n) is 7.22. The van der Waals surface area contributed by atoms with Gasteiger partial charge >= 0.3 is 5.76 Å². The molecule has 0 aliphatic carbocycles. The molecule has 0 bridgehead atoms. The number of nitrogens with one attached hydrogen (secondary N) is 1. The van der Waals surface area contributed by atoms with Gasteiger partial charge in [-0.25, -0.2) is 4.79 Å². The monoisotopic (exact) mass is 339 g/mol. The lowest BCUT2D eigenvalue weighted by molar-refractivity contribution is -0.135. The first kappa shape index (κ1) is 17.1. The van der Waals surface area contributed by atoms with Crippen LogP contribution >= 0.6 is 11.6 Å². The molecule has 1 heterocycles. The van der Waals surface area contributed by atoms with Gasteiger partial charge in [-0.2, -0.15) is 0 Å². The van der Waals surface area contributed by atoms with Crippen LogP contribution in [0.15, 0.2) is 27.4 Å². The van der Waals surface area contributed by atoms with Gasteiger partial charge in [0.1, 0.15) is 6.54 Å². The topological polar surface area (TPSA) is 84.5 Å². The van der Waals surface area contributed by atoms with Crippen molar-refractivity contribution >= 4 is 34.5 Å². The molecule has 0 aliphatic rings. The molecule has 124 valence electrons. The van der Waals surface area contributed by atoms with Crippen LogP contribution in [0.1, 0.15) is 13.3 Å². The molecular formula is C15H18ClN3O4. The molecule has 8 heteroatoms. The number of fused-ring (bicyclic) bond motifs is 1. The van der Waals surface area contributed by atoms with Crippen LogP contribution in [0.25, 0.3) is 11.1 Å². The molecular weight excluding hydrogens is 322 g/mol. The third kappa shape index (κ3) is 4.13. The van der Waals surface area contributed by atoms with E-state index in [0.29, 0.717) is 22.7 Å². The summed E-state index contributed by atoms with van der Waals surface area (Å²) in [6, 6.07) is 4.74. The molecule has 0 atom stereocenters. The Kier molecular flexibility index (Phi) is 5.44. The third-order valence-electron chi connectivity index (χ3n) is 3.30. The van der Waals surface area contributed by atoms with Gasteiger partial charge in [-0.3, -0.25) is 14.2 Å². The molecule has 0 fully saturated rings. The van der Waals surface area contributed by atoms with Gasteiger partial charge in [0.2, 0.25) is 11.8 Å². The predicted molar refractivity (Wildman–Crippen MR) is 86.4 cm³/mol. The minimum absolute atomic E-state index is 0.0603. The minimum Gasteiger partial charge on any atom is -0.408 e. The van der Waals surface area contributed by atoms with Gasteiger partial charge in [-0.15, -0.1) is 0 Å². The highest BCUT2D eigenvalue weighted by Gasteiger charge is 2.17. The van der Waals surface area contributed by atoms with Gasteiger partial charge in [0.15, 0.2) is 5.58 Å². The molecule has 0 saturated carbocycles. The fourth-order valence-electron chi connectivity index (χ4n) is 2.07. The summed E-state index contributed by atoms with van der Waals surface area (Å²) in [5, 5.41) is 3.13. The summed E-state index contributed by atoms with van der Waals surface area (Å²) in [6.07, 6.45) is 0.822. The number of carbonyl (C=O) groups excluding carboxylic acids is 2. The second-order valence-electron chi connectivity index (χ2n) is 5.17. The molecule has 1 N–H and O–H groups in total. The summed E-state index contributed by atoms with van der Waals surface area (Å²) >= 11 is 5.84. The lowest BCUT2D eigenvalue weighted by Crippen LogP contribution is -2.40. The van der Waals surface area contributed by atoms with Gasteiger partial charge in [-0.1, -0.05) is 18.5 Å². The predicted octanol–water partition coefficient (Wildman–Crippen LogP) is 1.23. The van der Waals surface area contributed by atoms with Crippen LogP contribution in [0.3, 0.4) is 0 Å². The zero-order chi connectivity index (χ0) is 17.0. The molecule has 23 heavy (non-hydrogen) atoms. The normalized spacial score (nSPS) is 10.7. The Bertz CT molecular complexity index is 781. The maximum Gasteiger partial charge on any atom is 0.420 e. The highest BCUT2D eigenvalue weighted by atomic mass is 35.5. The lowest BCUT2D eigenvalue weighted by Gasteiger charge is -2.16. The number of benzene rings is 1. The van der Waals surface area contributed by atoms with E-state index in [4.69, 9.17) is 16.0 Å². The summed E-state index contributed by atoms with van der Waals surface area (Å²) in [6.45, 7) is 2.24. The molecule has 0 saturated heterocycles. The van der Waals surface area contributed by atoms with Crippen molar-refractivity contribution in [3.8, 4) is 0 Å². The van der Waals surface area contributed by atoms with Gasteiger partial charge in [0.05, 0.1) is 12.1 Å². The third-order valence-corrected chi connectivity index (χ3v) is 3.54. The molecule has 2 rings (SSSR count). The van der Waals surface area contributed by atoms with Crippen molar-refractivity contribution in [2.75, 3.05) is 20.1 Å². The highest BCUT2D eigenvalue weighted by molar-refractivity contribution is 6.31. The Morgan fingerprint density at radius 2 is 2.13 bits per heavy atom. The molecule has 0 spiro atoms. The average molecular weight is 340 g/mol. The van der Waals surface area contributed by atoms with Gasteiger partial charge < -0.3 is 14.6 Å². The van der Waals surface area contributed by atoms with Gasteiger partial charge in [0, 0.05) is 24.7 Å². The number of nitrogens with zero attached hydrogens (tertiary/aromatic N) is 2. The summed E-state index contributed by atoms with van der Waals surface area (Å²) in [7, 11) is 1.51. The number of likely N-dealkylation sites (N-methyl/N-ethyl adjacent to an activating group) is 1. The second-order valence-corrected chi connectivity index (χ2v) is 5.60. The van der Waals surface area contributed by atoms with Crippen LogP contribution in [0, 0.1) is 0 Å². The molecule has 2 aromatic rings. The summed E-state index contributed by atoms with van der Waals surface area (Å²) in [5.74, 6) is -1.24. The van der Waals surface area contributed by atoms with Gasteiger partial charge in [0.25, 0.3) is 0 Å². The van der Waals surface area contributed by atoms with E-state index in [9.17, 15) is 14.4 Å². The minimum atomic E-state index is -0.639. The van der Waals surface area contributed by atoms with E-state index in [1.807, 2.05) is 6.92 Å². The number of amides is 2. The van der Waals surface area contributed by atoms with E-state index in [2.05, 4.69) is 5.32 Å². The average Bonchev–Trinajstić information content (AvgIpc) is 2.80. The summed E-state index contributed by atoms with van der Waals surface area (Å²) < 4.78 is 6.28. The summed E-state index contributed by atoms with van der Waals surface area (Å²) in [5.41, 5.74) is 0.801. The van der Waals surface area contributed by atoms with Crippen molar-refractivity contribution in [2.45, 2.75) is 19.9 Å². The standard InChI is InChI=1S/C15H18ClN3O4/c1-3-6-17-13(20)8-18(2)14(21)9-19-11-5-4-10(16)7-12(11)23-15(19)22/h4-5,7H,3,6,8-9H2,1-2H3,(H,17,20). The van der Waals surface area contributed by atoms with E-state index in [0.717, 1.165) is 6.42 Å². The summed E-state index contributed by atoms with van der Waals surface area (Å²) in [4.78, 5) is 37.0. The zero-order valence-electron chi connectivity index (χ0n) is 13.0. The SMILES string of the molecule is CCCNC(=O)CN(C)C(=O)Cn1c(=O)oc2cc(Cl)ccc21. The van der Waals surface area contributed by atoms with E-state index in [1.165, 1.54) is 22.6 Å². The van der Waals surface area contributed by atoms with Crippen molar-refractivity contribution in [3.63, 3.8) is 0 Å². The number of halogens is 1. The number of hydrogen-bond donors (Lipinski definition) is 1. The fourth-order valence-corrected chi connectivity index (χ4v) is 2.23. The smallest absolute Gasteiger partial charge is 0.408 e. The van der Waals surface area contributed by atoms with Crippen LogP contribution in [-0.2, 0) is 16.1 Å². The Labute approximate surface area is 137 Å². The van der Waals surface area contributed by atoms with Crippen molar-refractivity contribution in [1.29, 1.82) is 0 Å². The molecule has 0 aliphatic heterocycles. The van der Waals surface area contributed by atoms with Crippen LogP contribution < -0.4 is 11.1 Å². The van der Waals surface area contributed by atoms with Crippen LogP contribution in [0.2, 0.25) is 5.02 Å². The number of rotatable bonds is 6. The lowest BCUT2D eigenvalue weighted by atomic mass is 10.3. The molecule has 0 radical (unpaired) electrons. The molecule has 2 amide bonds. The van der Waals surface area contributed by atoms with Crippen molar-refractivity contribution in [1.82, 2.24) is 14.8 Å². The largest absolute Gasteiger partial charge is 0.420 e. The highest BCUT2D eigenvalue weighted by Crippen LogP contribution is 2.18. The number of oxazole rings is 1. The zero-order valence-corrected chi connectivity index (χ0v) is 13.7. The Hall–Kier alpha value is -2.28. The molecule has 1 aromatic heterocycles. The second kappa shape index (κ2) is 7.32. The quantitative estimate of drug-likeness (QED) is 0.858. The Balaban J connectivity index is 2.09. The van der Waals surface area contributed by atoms with Crippen molar-refractivity contribution in [2.24, 2.45) is 0 Å². The Morgan fingerprint density at radius 1 is 1.39 bits per heavy atom. The van der Waals surface area contributed by atoms with E-state index < -0.39 is 5.76 Å². The maximum atomic E-state index is 12.2. The van der Waals surface area contributed by atoms with E-state index >= 15 is 0 Å². The number of carbonyl (C=O) groups is 2. The van der Waals surface area contributed by atoms with Crippen molar-refractivity contribution < 1.29 is 14.0 Å². The molecule has 1 aromatic carbocycles. The first-order valence-corrected chi connectivity index (χ1v) is 7.59. The van der Waals surface area contributed by atoms with Crippen LogP contribution in [-0.4, -0.2) is 41.4 Å². The van der Waals surface area contributed by atoms with Crippen LogP contribution in [0.4, 0.5) is 0 Å².